The first-order valence-electron chi connectivity index (χ1n) is 6.65. The van der Waals surface area contributed by atoms with Crippen LogP contribution in [0.5, 0.6) is 5.75 Å². The molecule has 1 fully saturated rings. The standard InChI is InChI=1S/C15H21NO/c1-16(2)14-9-5-6-10-15(14)11-12-7-3-4-8-13(12)17-15/h3-4,7-8,14H,5-6,9-11H2,1-2H3/t14-,15-/m0/s1. The van der Waals surface area contributed by atoms with Gasteiger partial charge in [0.1, 0.15) is 11.4 Å². The maximum absolute atomic E-state index is 6.37. The van der Waals surface area contributed by atoms with E-state index >= 15 is 0 Å². The van der Waals surface area contributed by atoms with E-state index < -0.39 is 0 Å². The van der Waals surface area contributed by atoms with Gasteiger partial charge < -0.3 is 9.64 Å². The van der Waals surface area contributed by atoms with E-state index in [1.165, 1.54) is 31.2 Å². The van der Waals surface area contributed by atoms with Crippen molar-refractivity contribution >= 4 is 0 Å². The Hall–Kier alpha value is -1.02. The second-order valence-corrected chi connectivity index (χ2v) is 5.68. The summed E-state index contributed by atoms with van der Waals surface area (Å²) in [6, 6.07) is 9.08. The van der Waals surface area contributed by atoms with Crippen molar-refractivity contribution in [3.63, 3.8) is 0 Å². The van der Waals surface area contributed by atoms with Gasteiger partial charge in [0.25, 0.3) is 0 Å². The normalized spacial score (nSPS) is 31.6. The molecule has 0 saturated heterocycles. The van der Waals surface area contributed by atoms with Crippen LogP contribution in [0.4, 0.5) is 0 Å². The van der Waals surface area contributed by atoms with Crippen LogP contribution in [0.3, 0.4) is 0 Å². The summed E-state index contributed by atoms with van der Waals surface area (Å²) in [5.41, 5.74) is 1.44. The van der Waals surface area contributed by atoms with E-state index in [1.807, 2.05) is 0 Å². The van der Waals surface area contributed by atoms with Gasteiger partial charge in [-0.2, -0.15) is 0 Å². The molecule has 0 unspecified atom stereocenters. The van der Waals surface area contributed by atoms with Gasteiger partial charge in [0.15, 0.2) is 0 Å². The van der Waals surface area contributed by atoms with Crippen molar-refractivity contribution in [2.75, 3.05) is 14.1 Å². The summed E-state index contributed by atoms with van der Waals surface area (Å²) in [6.07, 6.45) is 6.19. The third kappa shape index (κ3) is 1.75. The van der Waals surface area contributed by atoms with E-state index in [-0.39, 0.29) is 5.60 Å². The molecule has 1 aliphatic carbocycles. The van der Waals surface area contributed by atoms with Crippen LogP contribution in [0.25, 0.3) is 0 Å². The third-order valence-electron chi connectivity index (χ3n) is 4.33. The van der Waals surface area contributed by atoms with Crippen LogP contribution >= 0.6 is 0 Å². The second-order valence-electron chi connectivity index (χ2n) is 5.68. The molecule has 1 heterocycles. The van der Waals surface area contributed by atoms with Gasteiger partial charge in [-0.3, -0.25) is 0 Å². The van der Waals surface area contributed by atoms with Crippen molar-refractivity contribution in [1.29, 1.82) is 0 Å². The monoisotopic (exact) mass is 231 g/mol. The van der Waals surface area contributed by atoms with Crippen LogP contribution in [0, 0.1) is 0 Å². The van der Waals surface area contributed by atoms with Crippen LogP contribution < -0.4 is 4.74 Å². The van der Waals surface area contributed by atoms with Crippen molar-refractivity contribution in [1.82, 2.24) is 4.90 Å². The van der Waals surface area contributed by atoms with Crippen LogP contribution in [0.2, 0.25) is 0 Å². The minimum absolute atomic E-state index is 0.0471. The lowest BCUT2D eigenvalue weighted by Crippen LogP contribution is -2.55. The molecule has 1 aliphatic heterocycles. The Bertz CT molecular complexity index is 388. The summed E-state index contributed by atoms with van der Waals surface area (Å²) in [7, 11) is 4.37. The number of benzene rings is 1. The van der Waals surface area contributed by atoms with Gasteiger partial charge >= 0.3 is 0 Å². The summed E-state index contributed by atoms with van der Waals surface area (Å²) in [4.78, 5) is 2.35. The molecule has 17 heavy (non-hydrogen) atoms. The number of fused-ring (bicyclic) bond motifs is 1. The average Bonchev–Trinajstić information content (AvgIpc) is 2.67. The SMILES string of the molecule is CN(C)[C@H]1CCCC[C@]12Cc1ccccc1O2. The molecule has 0 bridgehead atoms. The summed E-state index contributed by atoms with van der Waals surface area (Å²) >= 11 is 0. The molecule has 1 saturated carbocycles. The summed E-state index contributed by atoms with van der Waals surface area (Å²) in [6.45, 7) is 0. The van der Waals surface area contributed by atoms with Crippen LogP contribution in [0.15, 0.2) is 24.3 Å². The van der Waals surface area contributed by atoms with E-state index in [0.29, 0.717) is 6.04 Å². The first kappa shape index (κ1) is 11.1. The fourth-order valence-corrected chi connectivity index (χ4v) is 3.57. The topological polar surface area (TPSA) is 12.5 Å². The molecule has 3 rings (SSSR count). The molecule has 2 atom stereocenters. The number of ether oxygens (including phenoxy) is 1. The Morgan fingerprint density at radius 1 is 1.24 bits per heavy atom. The summed E-state index contributed by atoms with van der Waals surface area (Å²) < 4.78 is 6.37. The van der Waals surface area contributed by atoms with Crippen molar-refractivity contribution in [2.24, 2.45) is 0 Å². The number of hydrogen-bond donors (Lipinski definition) is 0. The first-order valence-corrected chi connectivity index (χ1v) is 6.65. The largest absolute Gasteiger partial charge is 0.485 e. The quantitative estimate of drug-likeness (QED) is 0.737. The fourth-order valence-electron chi connectivity index (χ4n) is 3.57. The lowest BCUT2D eigenvalue weighted by atomic mass is 9.77. The number of likely N-dealkylation sites (N-methyl/N-ethyl adjacent to an activating group) is 1. The Morgan fingerprint density at radius 3 is 2.82 bits per heavy atom. The summed E-state index contributed by atoms with van der Waals surface area (Å²) in [5.74, 6) is 1.11. The van der Waals surface area contributed by atoms with Crippen molar-refractivity contribution in [2.45, 2.75) is 43.7 Å². The Labute approximate surface area is 104 Å². The second kappa shape index (κ2) is 4.02. The molecule has 0 amide bonds. The minimum atomic E-state index is 0.0471. The van der Waals surface area contributed by atoms with Gasteiger partial charge in [-0.15, -0.1) is 0 Å². The van der Waals surface area contributed by atoms with Crippen LogP contribution in [-0.2, 0) is 6.42 Å². The molecule has 0 N–H and O–H groups in total. The molecule has 0 aromatic heterocycles. The Balaban J connectivity index is 1.92. The van der Waals surface area contributed by atoms with Gasteiger partial charge in [-0.05, 0) is 45.0 Å². The minimum Gasteiger partial charge on any atom is -0.485 e. The number of rotatable bonds is 1. The lowest BCUT2D eigenvalue weighted by molar-refractivity contribution is -0.0222. The fraction of sp³-hybridized carbons (Fsp3) is 0.600. The van der Waals surface area contributed by atoms with Gasteiger partial charge in [-0.25, -0.2) is 0 Å². The molecular weight excluding hydrogens is 210 g/mol. The summed E-state index contributed by atoms with van der Waals surface area (Å²) in [5, 5.41) is 0. The van der Waals surface area contributed by atoms with E-state index in [9.17, 15) is 0 Å². The zero-order valence-corrected chi connectivity index (χ0v) is 10.8. The highest BCUT2D eigenvalue weighted by atomic mass is 16.5. The van der Waals surface area contributed by atoms with E-state index in [2.05, 4.69) is 43.3 Å². The molecule has 2 nitrogen and oxygen atoms in total. The smallest absolute Gasteiger partial charge is 0.129 e. The van der Waals surface area contributed by atoms with Gasteiger partial charge in [-0.1, -0.05) is 24.6 Å². The van der Waals surface area contributed by atoms with E-state index in [4.69, 9.17) is 4.74 Å². The highest BCUT2D eigenvalue weighted by Crippen LogP contribution is 2.44. The molecule has 92 valence electrons. The molecule has 1 aromatic carbocycles. The maximum Gasteiger partial charge on any atom is 0.129 e. The third-order valence-corrected chi connectivity index (χ3v) is 4.33. The highest BCUT2D eigenvalue weighted by Gasteiger charge is 2.47. The molecule has 0 radical (unpaired) electrons. The molecule has 2 heteroatoms. The predicted octanol–water partition coefficient (Wildman–Crippen LogP) is 2.86. The predicted molar refractivity (Wildman–Crippen MR) is 69.4 cm³/mol. The molecular formula is C15H21NO. The van der Waals surface area contributed by atoms with Gasteiger partial charge in [0.05, 0.1) is 0 Å². The van der Waals surface area contributed by atoms with Crippen molar-refractivity contribution < 1.29 is 4.74 Å². The highest BCUT2D eigenvalue weighted by molar-refractivity contribution is 5.40. The molecule has 1 aromatic rings. The van der Waals surface area contributed by atoms with Gasteiger partial charge in [0.2, 0.25) is 0 Å². The van der Waals surface area contributed by atoms with E-state index in [1.54, 1.807) is 0 Å². The number of para-hydroxylation sites is 1. The van der Waals surface area contributed by atoms with Gasteiger partial charge in [0, 0.05) is 12.5 Å². The van der Waals surface area contributed by atoms with Crippen molar-refractivity contribution in [3.8, 4) is 5.75 Å². The van der Waals surface area contributed by atoms with Crippen LogP contribution in [0.1, 0.15) is 31.2 Å². The lowest BCUT2D eigenvalue weighted by Gasteiger charge is -2.44. The van der Waals surface area contributed by atoms with Crippen LogP contribution in [-0.4, -0.2) is 30.6 Å². The Kier molecular flexibility index (Phi) is 2.62. The molecule has 1 spiro atoms. The maximum atomic E-state index is 6.37. The first-order chi connectivity index (χ1) is 8.21. The van der Waals surface area contributed by atoms with E-state index in [0.717, 1.165) is 12.2 Å². The zero-order valence-electron chi connectivity index (χ0n) is 10.8. The Morgan fingerprint density at radius 2 is 2.06 bits per heavy atom. The van der Waals surface area contributed by atoms with Crippen molar-refractivity contribution in [3.05, 3.63) is 29.8 Å². The average molecular weight is 231 g/mol. The number of hydrogen-bond acceptors (Lipinski definition) is 2. The molecule has 2 aliphatic rings. The zero-order chi connectivity index (χ0) is 11.9. The number of nitrogens with zero attached hydrogens (tertiary/aromatic N) is 1.